The maximum Gasteiger partial charge on any atom is 0.420 e. The van der Waals surface area contributed by atoms with Gasteiger partial charge in [0.1, 0.15) is 5.75 Å². The van der Waals surface area contributed by atoms with Crippen LogP contribution in [-0.4, -0.2) is 43.3 Å². The minimum absolute atomic E-state index is 0.0805. The summed E-state index contributed by atoms with van der Waals surface area (Å²) < 4.78 is 39.0. The van der Waals surface area contributed by atoms with Crippen LogP contribution in [0.4, 0.5) is 0 Å². The average molecular weight is 445 g/mol. The largest absolute Gasteiger partial charge is 0.497 e. The molecular formula is C22H24N2O6S. The van der Waals surface area contributed by atoms with Crippen LogP contribution < -0.4 is 10.5 Å². The fourth-order valence-corrected chi connectivity index (χ4v) is 5.23. The van der Waals surface area contributed by atoms with Gasteiger partial charge in [-0.2, -0.15) is 4.31 Å². The van der Waals surface area contributed by atoms with Gasteiger partial charge in [-0.1, -0.05) is 6.92 Å². The second kappa shape index (κ2) is 8.32. The van der Waals surface area contributed by atoms with E-state index in [1.54, 1.807) is 24.3 Å². The van der Waals surface area contributed by atoms with Gasteiger partial charge in [-0.3, -0.25) is 9.36 Å². The van der Waals surface area contributed by atoms with Crippen molar-refractivity contribution in [1.82, 2.24) is 8.87 Å². The summed E-state index contributed by atoms with van der Waals surface area (Å²) in [6.07, 6.45) is 1.64. The lowest BCUT2D eigenvalue weighted by molar-refractivity contribution is 0.0970. The molecule has 0 saturated carbocycles. The molecule has 1 aromatic heterocycles. The number of hydrogen-bond donors (Lipinski definition) is 0. The molecule has 1 saturated heterocycles. The molecule has 9 heteroatoms. The molecule has 1 fully saturated rings. The lowest BCUT2D eigenvalue weighted by Gasteiger charge is -2.29. The Morgan fingerprint density at radius 3 is 2.45 bits per heavy atom. The molecule has 8 nitrogen and oxygen atoms in total. The van der Waals surface area contributed by atoms with Crippen LogP contribution in [0.25, 0.3) is 11.1 Å². The van der Waals surface area contributed by atoms with Gasteiger partial charge >= 0.3 is 5.76 Å². The summed E-state index contributed by atoms with van der Waals surface area (Å²) in [5, 5.41) is 0. The normalized spacial score (nSPS) is 15.9. The van der Waals surface area contributed by atoms with Crippen LogP contribution in [0, 0.1) is 5.92 Å². The van der Waals surface area contributed by atoms with Gasteiger partial charge in [0, 0.05) is 24.7 Å². The molecule has 4 rings (SSSR count). The van der Waals surface area contributed by atoms with Gasteiger partial charge in [0.25, 0.3) is 0 Å². The maximum absolute atomic E-state index is 13.0. The van der Waals surface area contributed by atoms with E-state index in [1.807, 2.05) is 0 Å². The fourth-order valence-electron chi connectivity index (χ4n) is 3.74. The average Bonchev–Trinajstić information content (AvgIpc) is 3.08. The monoisotopic (exact) mass is 444 g/mol. The van der Waals surface area contributed by atoms with Crippen molar-refractivity contribution in [3.05, 3.63) is 58.6 Å². The molecular weight excluding hydrogens is 420 g/mol. The minimum atomic E-state index is -3.67. The van der Waals surface area contributed by atoms with E-state index in [0.29, 0.717) is 35.8 Å². The Bertz CT molecular complexity index is 1270. The highest BCUT2D eigenvalue weighted by molar-refractivity contribution is 7.89. The standard InChI is InChI=1S/C22H24N2O6S/c1-15-9-11-23(12-10-15)31(27,28)18-7-8-19-21(13-18)30-22(26)24(19)14-20(25)16-3-5-17(29-2)6-4-16/h3-8,13,15H,9-12,14H2,1-2H3. The number of methoxy groups -OCH3 is 1. The van der Waals surface area contributed by atoms with Crippen molar-refractivity contribution in [2.75, 3.05) is 20.2 Å². The van der Waals surface area contributed by atoms with Gasteiger partial charge < -0.3 is 9.15 Å². The van der Waals surface area contributed by atoms with Crippen molar-refractivity contribution in [2.24, 2.45) is 5.92 Å². The van der Waals surface area contributed by atoms with Gasteiger partial charge in [0.05, 0.1) is 24.1 Å². The number of fused-ring (bicyclic) bond motifs is 1. The molecule has 0 unspecified atom stereocenters. The van der Waals surface area contributed by atoms with Crippen molar-refractivity contribution >= 4 is 26.9 Å². The van der Waals surface area contributed by atoms with Crippen LogP contribution in [0.1, 0.15) is 30.1 Å². The third-order valence-corrected chi connectivity index (χ3v) is 7.63. The second-order valence-corrected chi connectivity index (χ2v) is 9.76. The smallest absolute Gasteiger partial charge is 0.420 e. The molecule has 164 valence electrons. The highest BCUT2D eigenvalue weighted by Gasteiger charge is 2.29. The van der Waals surface area contributed by atoms with Gasteiger partial charge in [-0.05, 0) is 55.2 Å². The van der Waals surface area contributed by atoms with Gasteiger partial charge in [-0.15, -0.1) is 0 Å². The van der Waals surface area contributed by atoms with Crippen LogP contribution in [0.3, 0.4) is 0 Å². The topological polar surface area (TPSA) is 98.8 Å². The zero-order valence-electron chi connectivity index (χ0n) is 17.4. The van der Waals surface area contributed by atoms with Crippen LogP contribution in [0.15, 0.2) is 56.6 Å². The van der Waals surface area contributed by atoms with E-state index < -0.39 is 15.8 Å². The zero-order chi connectivity index (χ0) is 22.2. The molecule has 0 N–H and O–H groups in total. The van der Waals surface area contributed by atoms with E-state index in [9.17, 15) is 18.0 Å². The van der Waals surface area contributed by atoms with Crippen molar-refractivity contribution in [2.45, 2.75) is 31.2 Å². The van der Waals surface area contributed by atoms with E-state index >= 15 is 0 Å². The molecule has 0 spiro atoms. The number of carbonyl (C=O) groups excluding carboxylic acids is 1. The van der Waals surface area contributed by atoms with Crippen molar-refractivity contribution in [3.63, 3.8) is 0 Å². The molecule has 0 aliphatic carbocycles. The van der Waals surface area contributed by atoms with Crippen LogP contribution in [0.2, 0.25) is 0 Å². The number of nitrogens with zero attached hydrogens (tertiary/aromatic N) is 2. The van der Waals surface area contributed by atoms with E-state index in [4.69, 9.17) is 9.15 Å². The van der Waals surface area contributed by atoms with E-state index in [2.05, 4.69) is 6.92 Å². The molecule has 0 atom stereocenters. The second-order valence-electron chi connectivity index (χ2n) is 7.82. The summed E-state index contributed by atoms with van der Waals surface area (Å²) in [5.41, 5.74) is 0.942. The summed E-state index contributed by atoms with van der Waals surface area (Å²) in [4.78, 5) is 25.1. The van der Waals surface area contributed by atoms with Crippen molar-refractivity contribution in [3.8, 4) is 5.75 Å². The summed E-state index contributed by atoms with van der Waals surface area (Å²) >= 11 is 0. The predicted molar refractivity (Wildman–Crippen MR) is 115 cm³/mol. The maximum atomic E-state index is 13.0. The summed E-state index contributed by atoms with van der Waals surface area (Å²) in [5.74, 6) is 0.147. The quantitative estimate of drug-likeness (QED) is 0.542. The summed E-state index contributed by atoms with van der Waals surface area (Å²) in [6, 6.07) is 10.9. The first kappa shape index (κ1) is 21.3. The van der Waals surface area contributed by atoms with Crippen molar-refractivity contribution in [1.29, 1.82) is 0 Å². The number of ether oxygens (including phenoxy) is 1. The Balaban J connectivity index is 1.61. The molecule has 0 radical (unpaired) electrons. The summed E-state index contributed by atoms with van der Waals surface area (Å²) in [6.45, 7) is 2.85. The van der Waals surface area contributed by atoms with Gasteiger partial charge in [0.15, 0.2) is 11.4 Å². The number of piperidine rings is 1. The fraction of sp³-hybridized carbons (Fsp3) is 0.364. The number of benzene rings is 2. The number of carbonyl (C=O) groups is 1. The first-order valence-electron chi connectivity index (χ1n) is 10.1. The number of sulfonamides is 1. The molecule has 0 bridgehead atoms. The zero-order valence-corrected chi connectivity index (χ0v) is 18.2. The lowest BCUT2D eigenvalue weighted by atomic mass is 10.0. The Kier molecular flexibility index (Phi) is 5.72. The third-order valence-electron chi connectivity index (χ3n) is 5.73. The van der Waals surface area contributed by atoms with Gasteiger partial charge in [-0.25, -0.2) is 13.2 Å². The molecule has 2 heterocycles. The number of rotatable bonds is 6. The summed E-state index contributed by atoms with van der Waals surface area (Å²) in [7, 11) is -2.13. The number of oxazole rings is 1. The SMILES string of the molecule is COc1ccc(C(=O)Cn2c(=O)oc3cc(S(=O)(=O)N4CCC(C)CC4)ccc32)cc1. The molecule has 1 aliphatic heterocycles. The Labute approximate surface area is 180 Å². The highest BCUT2D eigenvalue weighted by atomic mass is 32.2. The minimum Gasteiger partial charge on any atom is -0.497 e. The number of aromatic nitrogens is 1. The van der Waals surface area contributed by atoms with E-state index in [-0.39, 0.29) is 22.8 Å². The Hall–Kier alpha value is -2.91. The Morgan fingerprint density at radius 1 is 1.13 bits per heavy atom. The lowest BCUT2D eigenvalue weighted by Crippen LogP contribution is -2.37. The molecule has 0 amide bonds. The number of hydrogen-bond acceptors (Lipinski definition) is 6. The van der Waals surface area contributed by atoms with Crippen molar-refractivity contribution < 1.29 is 22.4 Å². The number of Topliss-reactive ketones (excluding diaryl/α,β-unsaturated/α-hetero) is 1. The van der Waals surface area contributed by atoms with Crippen LogP contribution >= 0.6 is 0 Å². The molecule has 1 aliphatic rings. The predicted octanol–water partition coefficient (Wildman–Crippen LogP) is 2.91. The first-order valence-corrected chi connectivity index (χ1v) is 11.5. The van der Waals surface area contributed by atoms with Crippen LogP contribution in [0.5, 0.6) is 5.75 Å². The Morgan fingerprint density at radius 2 is 1.81 bits per heavy atom. The molecule has 3 aromatic rings. The first-order chi connectivity index (χ1) is 14.8. The highest BCUT2D eigenvalue weighted by Crippen LogP contribution is 2.26. The van der Waals surface area contributed by atoms with E-state index in [1.165, 1.54) is 34.2 Å². The van der Waals surface area contributed by atoms with E-state index in [0.717, 1.165) is 12.8 Å². The third kappa shape index (κ3) is 4.15. The molecule has 31 heavy (non-hydrogen) atoms. The van der Waals surface area contributed by atoms with Crippen LogP contribution in [-0.2, 0) is 16.6 Å². The number of ketones is 1. The molecule has 2 aromatic carbocycles. The van der Waals surface area contributed by atoms with Gasteiger partial charge in [0.2, 0.25) is 10.0 Å².